The maximum absolute atomic E-state index is 6.09. The van der Waals surface area contributed by atoms with Crippen LogP contribution >= 0.6 is 0 Å². The van der Waals surface area contributed by atoms with Crippen LogP contribution in [0.15, 0.2) is 24.3 Å². The van der Waals surface area contributed by atoms with Crippen LogP contribution in [0, 0.1) is 0 Å². The highest BCUT2D eigenvalue weighted by Gasteiger charge is 2.12. The molecule has 1 aliphatic carbocycles. The van der Waals surface area contributed by atoms with Crippen molar-refractivity contribution in [2.45, 2.75) is 77.5 Å². The Hall–Kier alpha value is -0.860. The maximum atomic E-state index is 6.09. The molecule has 0 heterocycles. The smallest absolute Gasteiger partial charge is 0.0720 e. The van der Waals surface area contributed by atoms with Gasteiger partial charge in [0.2, 0.25) is 0 Å². The fourth-order valence-electron chi connectivity index (χ4n) is 2.93. The van der Waals surface area contributed by atoms with E-state index in [9.17, 15) is 0 Å². The molecule has 0 aliphatic heterocycles. The minimum atomic E-state index is 0.488. The lowest BCUT2D eigenvalue weighted by Gasteiger charge is -2.15. The van der Waals surface area contributed by atoms with E-state index >= 15 is 0 Å². The molecule has 1 aliphatic rings. The number of hydrogen-bond donors (Lipinski definition) is 1. The van der Waals surface area contributed by atoms with Crippen molar-refractivity contribution in [1.82, 2.24) is 5.32 Å². The van der Waals surface area contributed by atoms with E-state index in [1.165, 1.54) is 49.7 Å². The third-order valence-electron chi connectivity index (χ3n) is 4.28. The summed E-state index contributed by atoms with van der Waals surface area (Å²) in [5, 5.41) is 3.46. The SMILES string of the molecule is CC(C)NCCc1ccc(COC2CCCCCC2)cc1. The summed E-state index contributed by atoms with van der Waals surface area (Å²) in [6, 6.07) is 9.50. The fraction of sp³-hybridized carbons (Fsp3) is 0.684. The van der Waals surface area contributed by atoms with Crippen molar-refractivity contribution in [3.05, 3.63) is 35.4 Å². The summed E-state index contributed by atoms with van der Waals surface area (Å²) < 4.78 is 6.09. The molecule has 0 aromatic heterocycles. The van der Waals surface area contributed by atoms with Crippen LogP contribution in [0.2, 0.25) is 0 Å². The summed E-state index contributed by atoms with van der Waals surface area (Å²) in [5.74, 6) is 0. The van der Waals surface area contributed by atoms with Crippen molar-refractivity contribution >= 4 is 0 Å². The normalized spacial score (nSPS) is 17.1. The van der Waals surface area contributed by atoms with Gasteiger partial charge >= 0.3 is 0 Å². The molecule has 21 heavy (non-hydrogen) atoms. The number of hydrogen-bond acceptors (Lipinski definition) is 2. The third-order valence-corrected chi connectivity index (χ3v) is 4.28. The van der Waals surface area contributed by atoms with Gasteiger partial charge in [0.05, 0.1) is 12.7 Å². The van der Waals surface area contributed by atoms with Gasteiger partial charge in [0.25, 0.3) is 0 Å². The van der Waals surface area contributed by atoms with E-state index in [-0.39, 0.29) is 0 Å². The molecule has 1 aromatic rings. The zero-order valence-corrected chi connectivity index (χ0v) is 13.7. The molecule has 0 atom stereocenters. The second-order valence-corrected chi connectivity index (χ2v) is 6.60. The van der Waals surface area contributed by atoms with Gasteiger partial charge in [-0.15, -0.1) is 0 Å². The van der Waals surface area contributed by atoms with Gasteiger partial charge in [-0.25, -0.2) is 0 Å². The molecule has 0 radical (unpaired) electrons. The Morgan fingerprint density at radius 1 is 1.00 bits per heavy atom. The number of benzene rings is 1. The number of ether oxygens (including phenoxy) is 1. The second-order valence-electron chi connectivity index (χ2n) is 6.60. The Labute approximate surface area is 130 Å². The zero-order valence-electron chi connectivity index (χ0n) is 13.7. The van der Waals surface area contributed by atoms with Crippen molar-refractivity contribution in [3.63, 3.8) is 0 Å². The Bertz CT molecular complexity index is 377. The first-order valence-electron chi connectivity index (χ1n) is 8.67. The van der Waals surface area contributed by atoms with Crippen molar-refractivity contribution in [2.24, 2.45) is 0 Å². The average molecular weight is 289 g/mol. The summed E-state index contributed by atoms with van der Waals surface area (Å²) in [4.78, 5) is 0. The van der Waals surface area contributed by atoms with Crippen LogP contribution < -0.4 is 5.32 Å². The molecule has 1 saturated carbocycles. The quantitative estimate of drug-likeness (QED) is 0.748. The predicted octanol–water partition coefficient (Wildman–Crippen LogP) is 4.47. The highest BCUT2D eigenvalue weighted by molar-refractivity contribution is 5.22. The van der Waals surface area contributed by atoms with Gasteiger partial charge < -0.3 is 10.1 Å². The summed E-state index contributed by atoms with van der Waals surface area (Å²) >= 11 is 0. The summed E-state index contributed by atoms with van der Waals surface area (Å²) in [6.45, 7) is 6.20. The monoisotopic (exact) mass is 289 g/mol. The van der Waals surface area contributed by atoms with E-state index in [1.807, 2.05) is 0 Å². The molecular formula is C19H31NO. The first-order chi connectivity index (χ1) is 10.2. The van der Waals surface area contributed by atoms with Crippen molar-refractivity contribution in [1.29, 1.82) is 0 Å². The fourth-order valence-corrected chi connectivity index (χ4v) is 2.93. The topological polar surface area (TPSA) is 21.3 Å². The molecule has 1 aromatic carbocycles. The first kappa shape index (κ1) is 16.5. The molecule has 1 fully saturated rings. The van der Waals surface area contributed by atoms with Crippen molar-refractivity contribution in [3.8, 4) is 0 Å². The van der Waals surface area contributed by atoms with Crippen LogP contribution in [0.4, 0.5) is 0 Å². The largest absolute Gasteiger partial charge is 0.374 e. The lowest BCUT2D eigenvalue weighted by molar-refractivity contribution is 0.0310. The van der Waals surface area contributed by atoms with Crippen LogP contribution in [0.1, 0.15) is 63.5 Å². The Morgan fingerprint density at radius 2 is 1.62 bits per heavy atom. The Morgan fingerprint density at radius 3 is 2.24 bits per heavy atom. The lowest BCUT2D eigenvalue weighted by atomic mass is 10.1. The molecule has 0 amide bonds. The molecule has 1 N–H and O–H groups in total. The van der Waals surface area contributed by atoms with Crippen molar-refractivity contribution in [2.75, 3.05) is 6.54 Å². The van der Waals surface area contributed by atoms with E-state index in [0.717, 1.165) is 19.6 Å². The van der Waals surface area contributed by atoms with Crippen LogP contribution in [0.5, 0.6) is 0 Å². The standard InChI is InChI=1S/C19H31NO/c1-16(2)20-14-13-17-9-11-18(12-10-17)15-21-19-7-5-3-4-6-8-19/h9-12,16,19-20H,3-8,13-15H2,1-2H3. The highest BCUT2D eigenvalue weighted by Crippen LogP contribution is 2.21. The first-order valence-corrected chi connectivity index (χ1v) is 8.67. The van der Waals surface area contributed by atoms with Crippen LogP contribution in [0.25, 0.3) is 0 Å². The van der Waals surface area contributed by atoms with E-state index in [4.69, 9.17) is 4.74 Å². The minimum Gasteiger partial charge on any atom is -0.374 e. The molecule has 0 bridgehead atoms. The van der Waals surface area contributed by atoms with Gasteiger partial charge in [-0.2, -0.15) is 0 Å². The zero-order chi connectivity index (χ0) is 14.9. The second kappa shape index (κ2) is 9.22. The number of nitrogens with one attached hydrogen (secondary N) is 1. The van der Waals surface area contributed by atoms with E-state index in [2.05, 4.69) is 43.4 Å². The van der Waals surface area contributed by atoms with Gasteiger partial charge in [-0.3, -0.25) is 0 Å². The van der Waals surface area contributed by atoms with Gasteiger partial charge in [-0.05, 0) is 36.9 Å². The minimum absolute atomic E-state index is 0.488. The number of rotatable bonds is 7. The van der Waals surface area contributed by atoms with Crippen molar-refractivity contribution < 1.29 is 4.74 Å². The van der Waals surface area contributed by atoms with Gasteiger partial charge in [-0.1, -0.05) is 63.8 Å². The van der Waals surface area contributed by atoms with Gasteiger partial charge in [0, 0.05) is 6.04 Å². The molecule has 2 nitrogen and oxygen atoms in total. The van der Waals surface area contributed by atoms with Gasteiger partial charge in [0.15, 0.2) is 0 Å². The van der Waals surface area contributed by atoms with Crippen LogP contribution in [0.3, 0.4) is 0 Å². The van der Waals surface area contributed by atoms with Gasteiger partial charge in [0.1, 0.15) is 0 Å². The Kier molecular flexibility index (Phi) is 7.25. The molecule has 0 unspecified atom stereocenters. The highest BCUT2D eigenvalue weighted by atomic mass is 16.5. The molecular weight excluding hydrogens is 258 g/mol. The molecule has 118 valence electrons. The van der Waals surface area contributed by atoms with E-state index in [0.29, 0.717) is 12.1 Å². The summed E-state index contributed by atoms with van der Waals surface area (Å²) in [5.41, 5.74) is 2.71. The van der Waals surface area contributed by atoms with Crippen LogP contribution in [-0.2, 0) is 17.8 Å². The summed E-state index contributed by atoms with van der Waals surface area (Å²) in [7, 11) is 0. The van der Waals surface area contributed by atoms with E-state index < -0.39 is 0 Å². The summed E-state index contributed by atoms with van der Waals surface area (Å²) in [6.07, 6.45) is 9.54. The van der Waals surface area contributed by atoms with Crippen LogP contribution in [-0.4, -0.2) is 18.7 Å². The third kappa shape index (κ3) is 6.62. The predicted molar refractivity (Wildman–Crippen MR) is 89.6 cm³/mol. The molecule has 2 rings (SSSR count). The maximum Gasteiger partial charge on any atom is 0.0720 e. The molecule has 2 heteroatoms. The molecule has 0 saturated heterocycles. The average Bonchev–Trinajstić information content (AvgIpc) is 2.75. The van der Waals surface area contributed by atoms with E-state index in [1.54, 1.807) is 0 Å². The molecule has 0 spiro atoms. The Balaban J connectivity index is 1.71. The lowest BCUT2D eigenvalue weighted by Crippen LogP contribution is -2.24.